The molecule has 1 aliphatic carbocycles. The van der Waals surface area contributed by atoms with Crippen molar-refractivity contribution in [1.29, 1.82) is 0 Å². The lowest BCUT2D eigenvalue weighted by atomic mass is 9.79. The van der Waals surface area contributed by atoms with Crippen molar-refractivity contribution in [2.75, 3.05) is 20.7 Å². The fourth-order valence-electron chi connectivity index (χ4n) is 3.00. The van der Waals surface area contributed by atoms with Gasteiger partial charge in [0.1, 0.15) is 0 Å². The molecule has 6 heteroatoms. The van der Waals surface area contributed by atoms with Crippen LogP contribution in [0.3, 0.4) is 0 Å². The van der Waals surface area contributed by atoms with Crippen LogP contribution in [0.25, 0.3) is 0 Å². The van der Waals surface area contributed by atoms with E-state index in [1.807, 2.05) is 0 Å². The average molecular weight is 299 g/mol. The summed E-state index contributed by atoms with van der Waals surface area (Å²) in [5, 5.41) is 6.14. The molecule has 122 valence electrons. The molecule has 0 saturated heterocycles. The van der Waals surface area contributed by atoms with Gasteiger partial charge in [-0.1, -0.05) is 19.3 Å². The highest BCUT2D eigenvalue weighted by molar-refractivity contribution is 5.83. The van der Waals surface area contributed by atoms with Crippen LogP contribution < -0.4 is 16.4 Å². The molecule has 0 spiro atoms. The maximum Gasteiger partial charge on any atom is 0.307 e. The first-order valence-corrected chi connectivity index (χ1v) is 7.83. The second kappa shape index (κ2) is 9.00. The summed E-state index contributed by atoms with van der Waals surface area (Å²) < 4.78 is 4.79. The molecule has 1 aliphatic rings. The SMILES string of the molecule is CNC(CCCN)C(=O)NC1(CC(=O)OC)CCCCC1. The van der Waals surface area contributed by atoms with Gasteiger partial charge in [0.25, 0.3) is 0 Å². The zero-order chi connectivity index (χ0) is 15.7. The summed E-state index contributed by atoms with van der Waals surface area (Å²) in [7, 11) is 3.16. The van der Waals surface area contributed by atoms with Crippen molar-refractivity contribution in [1.82, 2.24) is 10.6 Å². The van der Waals surface area contributed by atoms with E-state index in [1.54, 1.807) is 7.05 Å². The molecule has 0 radical (unpaired) electrons. The van der Waals surface area contributed by atoms with Gasteiger partial charge in [-0.2, -0.15) is 0 Å². The van der Waals surface area contributed by atoms with E-state index in [1.165, 1.54) is 7.11 Å². The van der Waals surface area contributed by atoms with Gasteiger partial charge in [-0.3, -0.25) is 9.59 Å². The minimum absolute atomic E-state index is 0.0447. The third-order valence-electron chi connectivity index (χ3n) is 4.27. The van der Waals surface area contributed by atoms with Gasteiger partial charge in [0.2, 0.25) is 5.91 Å². The van der Waals surface area contributed by atoms with Gasteiger partial charge in [-0.05, 0) is 39.3 Å². The molecule has 1 unspecified atom stereocenters. The molecule has 1 rings (SSSR count). The van der Waals surface area contributed by atoms with Crippen molar-refractivity contribution in [2.45, 2.75) is 62.9 Å². The number of hydrogen-bond acceptors (Lipinski definition) is 5. The number of hydrogen-bond donors (Lipinski definition) is 3. The average Bonchev–Trinajstić information content (AvgIpc) is 2.48. The summed E-state index contributed by atoms with van der Waals surface area (Å²) in [6.45, 7) is 0.568. The number of likely N-dealkylation sites (N-methyl/N-ethyl adjacent to an activating group) is 1. The Hall–Kier alpha value is -1.14. The maximum atomic E-state index is 12.5. The summed E-state index contributed by atoms with van der Waals surface area (Å²) in [5.74, 6) is -0.308. The fourth-order valence-corrected chi connectivity index (χ4v) is 3.00. The van der Waals surface area contributed by atoms with E-state index in [9.17, 15) is 9.59 Å². The number of rotatable bonds is 8. The quantitative estimate of drug-likeness (QED) is 0.574. The Morgan fingerprint density at radius 1 is 1.29 bits per heavy atom. The van der Waals surface area contributed by atoms with Gasteiger partial charge in [0, 0.05) is 0 Å². The van der Waals surface area contributed by atoms with Crippen LogP contribution in [0, 0.1) is 0 Å². The molecule has 4 N–H and O–H groups in total. The van der Waals surface area contributed by atoms with Crippen molar-refractivity contribution in [2.24, 2.45) is 5.73 Å². The highest BCUT2D eigenvalue weighted by Gasteiger charge is 2.37. The second-order valence-electron chi connectivity index (χ2n) is 5.86. The summed E-state index contributed by atoms with van der Waals surface area (Å²) in [6.07, 6.45) is 6.64. The van der Waals surface area contributed by atoms with Crippen LogP contribution in [0.2, 0.25) is 0 Å². The maximum absolute atomic E-state index is 12.5. The lowest BCUT2D eigenvalue weighted by Crippen LogP contribution is -2.56. The van der Waals surface area contributed by atoms with Gasteiger partial charge < -0.3 is 21.1 Å². The molecule has 1 amide bonds. The molecule has 0 heterocycles. The van der Waals surface area contributed by atoms with Gasteiger partial charge in [-0.15, -0.1) is 0 Å². The molecule has 6 nitrogen and oxygen atoms in total. The van der Waals surface area contributed by atoms with E-state index in [-0.39, 0.29) is 24.3 Å². The zero-order valence-electron chi connectivity index (χ0n) is 13.2. The van der Waals surface area contributed by atoms with E-state index in [4.69, 9.17) is 10.5 Å². The molecule has 0 aliphatic heterocycles. The van der Waals surface area contributed by atoms with Crippen molar-refractivity contribution in [3.05, 3.63) is 0 Å². The summed E-state index contributed by atoms with van der Waals surface area (Å²) in [5.41, 5.74) is 5.06. The number of nitrogens with two attached hydrogens (primary N) is 1. The third-order valence-corrected chi connectivity index (χ3v) is 4.27. The Kier molecular flexibility index (Phi) is 7.67. The number of methoxy groups -OCH3 is 1. The molecule has 0 bridgehead atoms. The van der Waals surface area contributed by atoms with Crippen LogP contribution in [-0.2, 0) is 14.3 Å². The first-order valence-electron chi connectivity index (χ1n) is 7.83. The van der Waals surface area contributed by atoms with E-state index < -0.39 is 5.54 Å². The first kappa shape index (κ1) is 17.9. The second-order valence-corrected chi connectivity index (χ2v) is 5.86. The fraction of sp³-hybridized carbons (Fsp3) is 0.867. The predicted octanol–water partition coefficient (Wildman–Crippen LogP) is 0.696. The normalized spacial score (nSPS) is 18.8. The van der Waals surface area contributed by atoms with E-state index in [2.05, 4.69) is 10.6 Å². The Labute approximate surface area is 127 Å². The standard InChI is InChI=1S/C15H29N3O3/c1-17-12(7-6-10-16)14(20)18-15(11-13(19)21-2)8-4-3-5-9-15/h12,17H,3-11,16H2,1-2H3,(H,18,20). The largest absolute Gasteiger partial charge is 0.469 e. The minimum atomic E-state index is -0.444. The van der Waals surface area contributed by atoms with Crippen molar-refractivity contribution < 1.29 is 14.3 Å². The van der Waals surface area contributed by atoms with Crippen LogP contribution in [0.1, 0.15) is 51.4 Å². The van der Waals surface area contributed by atoms with E-state index >= 15 is 0 Å². The zero-order valence-corrected chi connectivity index (χ0v) is 13.2. The number of nitrogens with one attached hydrogen (secondary N) is 2. The van der Waals surface area contributed by atoms with Crippen LogP contribution in [0.15, 0.2) is 0 Å². The van der Waals surface area contributed by atoms with Crippen LogP contribution in [0.5, 0.6) is 0 Å². The Morgan fingerprint density at radius 3 is 2.48 bits per heavy atom. The highest BCUT2D eigenvalue weighted by atomic mass is 16.5. The van der Waals surface area contributed by atoms with Crippen LogP contribution in [-0.4, -0.2) is 44.2 Å². The van der Waals surface area contributed by atoms with Crippen LogP contribution in [0.4, 0.5) is 0 Å². The number of ether oxygens (including phenoxy) is 1. The van der Waals surface area contributed by atoms with E-state index in [0.717, 1.165) is 38.5 Å². The Balaban J connectivity index is 2.70. The predicted molar refractivity (Wildman–Crippen MR) is 81.7 cm³/mol. The lowest BCUT2D eigenvalue weighted by molar-refractivity contribution is -0.143. The molecule has 0 aromatic carbocycles. The van der Waals surface area contributed by atoms with Gasteiger partial charge >= 0.3 is 5.97 Å². The monoisotopic (exact) mass is 299 g/mol. The highest BCUT2D eigenvalue weighted by Crippen LogP contribution is 2.31. The summed E-state index contributed by atoms with van der Waals surface area (Å²) in [4.78, 5) is 24.1. The van der Waals surface area contributed by atoms with E-state index in [0.29, 0.717) is 13.0 Å². The molecular weight excluding hydrogens is 270 g/mol. The molecule has 1 saturated carbocycles. The third kappa shape index (κ3) is 5.63. The Bertz CT molecular complexity index is 341. The van der Waals surface area contributed by atoms with Crippen molar-refractivity contribution >= 4 is 11.9 Å². The first-order chi connectivity index (χ1) is 10.1. The lowest BCUT2D eigenvalue weighted by Gasteiger charge is -2.38. The molecule has 1 fully saturated rings. The molecule has 1 atom stereocenters. The molecular formula is C15H29N3O3. The smallest absolute Gasteiger partial charge is 0.307 e. The molecule has 0 aromatic rings. The number of esters is 1. The summed E-state index contributed by atoms with van der Waals surface area (Å²) in [6, 6.07) is -0.259. The molecule has 0 aromatic heterocycles. The number of amides is 1. The van der Waals surface area contributed by atoms with Crippen molar-refractivity contribution in [3.63, 3.8) is 0 Å². The van der Waals surface area contributed by atoms with Crippen LogP contribution >= 0.6 is 0 Å². The van der Waals surface area contributed by atoms with Crippen molar-refractivity contribution in [3.8, 4) is 0 Å². The number of carbonyl (C=O) groups is 2. The Morgan fingerprint density at radius 2 is 1.95 bits per heavy atom. The topological polar surface area (TPSA) is 93.5 Å². The van der Waals surface area contributed by atoms with Gasteiger partial charge in [0.05, 0.1) is 25.1 Å². The minimum Gasteiger partial charge on any atom is -0.469 e. The summed E-state index contributed by atoms with van der Waals surface area (Å²) >= 11 is 0. The van der Waals surface area contributed by atoms with Gasteiger partial charge in [0.15, 0.2) is 0 Å². The van der Waals surface area contributed by atoms with Gasteiger partial charge in [-0.25, -0.2) is 0 Å². The number of carbonyl (C=O) groups excluding carboxylic acids is 2. The molecule has 21 heavy (non-hydrogen) atoms.